The number of carboxylic acids is 1. The first kappa shape index (κ1) is 15.7. The molecule has 0 saturated carbocycles. The van der Waals surface area contributed by atoms with Crippen molar-refractivity contribution in [1.29, 1.82) is 0 Å². The van der Waals surface area contributed by atoms with E-state index in [4.69, 9.17) is 14.8 Å². The first-order chi connectivity index (χ1) is 5.39. The van der Waals surface area contributed by atoms with E-state index < -0.39 is 21.3 Å². The number of aliphatic hydroxyl groups excluding tert-OH is 1. The Bertz CT molecular complexity index is 248. The van der Waals surface area contributed by atoms with E-state index in [1.54, 1.807) is 0 Å². The van der Waals surface area contributed by atoms with E-state index in [9.17, 15) is 13.2 Å². The van der Waals surface area contributed by atoms with Crippen LogP contribution in [0.2, 0.25) is 0 Å². The molecule has 0 aliphatic rings. The fourth-order valence-corrected chi connectivity index (χ4v) is 1.21. The number of carboxylic acid groups (broad SMARTS) is 1. The summed E-state index contributed by atoms with van der Waals surface area (Å²) in [7, 11) is -4.63. The zero-order valence-corrected chi connectivity index (χ0v) is 9.91. The number of aliphatic carboxylic acids is 1. The Balaban J connectivity index is 0. The van der Waals surface area contributed by atoms with Crippen molar-refractivity contribution < 1.29 is 57.5 Å². The third-order valence-electron chi connectivity index (χ3n) is 1.11. The normalized spacial score (nSPS) is 10.3. The molecule has 0 aromatic heterocycles. The first-order valence-corrected chi connectivity index (χ1v) is 4.51. The van der Waals surface area contributed by atoms with Crippen molar-refractivity contribution in [2.24, 2.45) is 0 Å². The Morgan fingerprint density at radius 1 is 1.38 bits per heavy atom. The molecule has 0 aromatic carbocycles. The number of aliphatic hydroxyl groups is 1. The van der Waals surface area contributed by atoms with Crippen molar-refractivity contribution in [1.82, 2.24) is 0 Å². The quantitative estimate of drug-likeness (QED) is 0.249. The summed E-state index contributed by atoms with van der Waals surface area (Å²) in [5, 5.41) is 15.6. The molecule has 13 heavy (non-hydrogen) atoms. The molecule has 0 rings (SSSR count). The average molecular weight is 220 g/mol. The number of rotatable bonds is 5. The smallest absolute Gasteiger partial charge is 0.502 e. The summed E-state index contributed by atoms with van der Waals surface area (Å²) in [6.45, 7) is -0.327. The Labute approximate surface area is 98.0 Å². The molecule has 0 heterocycles. The molecule has 0 unspecified atom stereocenters. The molecular formula is C5H9NaO6S. The molecule has 0 radical (unpaired) electrons. The minimum atomic E-state index is -4.63. The van der Waals surface area contributed by atoms with Crippen LogP contribution in [0.3, 0.4) is 0 Å². The Morgan fingerprint density at radius 2 is 1.85 bits per heavy atom. The molecular weight excluding hydrogens is 211 g/mol. The van der Waals surface area contributed by atoms with Gasteiger partial charge < -0.3 is 14.8 Å². The van der Waals surface area contributed by atoms with Crippen LogP contribution in [-0.4, -0.2) is 35.8 Å². The van der Waals surface area contributed by atoms with Gasteiger partial charge in [-0.3, -0.25) is 4.79 Å². The predicted molar refractivity (Wildman–Crippen MR) is 38.7 cm³/mol. The summed E-state index contributed by atoms with van der Waals surface area (Å²) in [4.78, 5) is 10.2. The van der Waals surface area contributed by atoms with E-state index in [0.717, 1.165) is 0 Å². The summed E-state index contributed by atoms with van der Waals surface area (Å²) in [6, 6.07) is 0. The summed E-state index contributed by atoms with van der Waals surface area (Å²) in [5.41, 5.74) is 0. The van der Waals surface area contributed by atoms with Gasteiger partial charge in [0.15, 0.2) is 16.1 Å². The number of carbonyl (C=O) groups is 1. The molecule has 0 aliphatic heterocycles. The van der Waals surface area contributed by atoms with Gasteiger partial charge in [0.05, 0.1) is 0 Å². The maximum absolute atomic E-state index is 10.3. The van der Waals surface area contributed by atoms with Crippen LogP contribution in [0.25, 0.3) is 0 Å². The molecule has 0 atom stereocenters. The first-order valence-electron chi connectivity index (χ1n) is 3.07. The summed E-state index contributed by atoms with van der Waals surface area (Å²) in [6.07, 6.45) is -0.383. The Hall–Kier alpha value is 0.210. The van der Waals surface area contributed by atoms with Gasteiger partial charge >= 0.3 is 29.6 Å². The van der Waals surface area contributed by atoms with Gasteiger partial charge in [0.1, 0.15) is 0 Å². The van der Waals surface area contributed by atoms with E-state index in [1.807, 2.05) is 0 Å². The van der Waals surface area contributed by atoms with E-state index in [-0.39, 0.29) is 49.0 Å². The van der Waals surface area contributed by atoms with Crippen LogP contribution in [0.1, 0.15) is 12.8 Å². The van der Waals surface area contributed by atoms with E-state index in [1.165, 1.54) is 0 Å². The van der Waals surface area contributed by atoms with Crippen molar-refractivity contribution in [3.05, 3.63) is 5.25 Å². The molecule has 72 valence electrons. The monoisotopic (exact) mass is 220 g/mol. The third-order valence-corrected chi connectivity index (χ3v) is 2.11. The third kappa shape index (κ3) is 6.30. The van der Waals surface area contributed by atoms with E-state index in [0.29, 0.717) is 0 Å². The van der Waals surface area contributed by atoms with Crippen molar-refractivity contribution in [2.75, 3.05) is 6.61 Å². The molecule has 0 spiro atoms. The summed E-state index contributed by atoms with van der Waals surface area (Å²) < 4.78 is 29.0. The van der Waals surface area contributed by atoms with Gasteiger partial charge in [-0.1, -0.05) is 6.42 Å². The SMILES string of the molecule is O=C(O)[C-](CCCO)S(=O)(=O)O.[Na+]. The minimum Gasteiger partial charge on any atom is -0.502 e. The predicted octanol–water partition coefficient (Wildman–Crippen LogP) is -3.73. The second-order valence-electron chi connectivity index (χ2n) is 2.03. The minimum absolute atomic E-state index is 0. The van der Waals surface area contributed by atoms with Crippen LogP contribution in [0, 0.1) is 5.25 Å². The van der Waals surface area contributed by atoms with E-state index >= 15 is 0 Å². The van der Waals surface area contributed by atoms with Crippen molar-refractivity contribution >= 4 is 16.1 Å². The van der Waals surface area contributed by atoms with Gasteiger partial charge in [0, 0.05) is 6.61 Å². The molecule has 0 bridgehead atoms. The Morgan fingerprint density at radius 3 is 2.08 bits per heavy atom. The van der Waals surface area contributed by atoms with Crippen LogP contribution in [0.5, 0.6) is 0 Å². The zero-order chi connectivity index (χ0) is 9.78. The molecule has 0 aromatic rings. The van der Waals surface area contributed by atoms with E-state index in [2.05, 4.69) is 0 Å². The number of hydrogen-bond donors (Lipinski definition) is 3. The average Bonchev–Trinajstić information content (AvgIpc) is 1.84. The van der Waals surface area contributed by atoms with Crippen LogP contribution < -0.4 is 29.6 Å². The van der Waals surface area contributed by atoms with Gasteiger partial charge in [-0.2, -0.15) is 0 Å². The van der Waals surface area contributed by atoms with Crippen LogP contribution in [0.15, 0.2) is 0 Å². The van der Waals surface area contributed by atoms with Gasteiger partial charge in [-0.05, 0) is 0 Å². The maximum atomic E-state index is 10.3. The Kier molecular flexibility index (Phi) is 8.00. The van der Waals surface area contributed by atoms with Gasteiger partial charge in [-0.15, -0.1) is 11.7 Å². The largest absolute Gasteiger partial charge is 1.00 e. The molecule has 0 fully saturated rings. The van der Waals surface area contributed by atoms with Gasteiger partial charge in [0.2, 0.25) is 0 Å². The van der Waals surface area contributed by atoms with Crippen LogP contribution in [0.4, 0.5) is 0 Å². The molecule has 0 aliphatic carbocycles. The fraction of sp³-hybridized carbons (Fsp3) is 0.600. The topological polar surface area (TPSA) is 112 Å². The zero-order valence-electron chi connectivity index (χ0n) is 7.10. The standard InChI is InChI=1S/C5H9O6S.Na/c6-3-1-2-4(5(7)8)12(9,10)11;/h6H,1-3H2,(H,7,8)(H,9,10,11);/q-1;+1. The van der Waals surface area contributed by atoms with Crippen LogP contribution in [-0.2, 0) is 14.9 Å². The summed E-state index contributed by atoms with van der Waals surface area (Å²) >= 11 is 0. The molecule has 6 nitrogen and oxygen atoms in total. The van der Waals surface area contributed by atoms with Gasteiger partial charge in [-0.25, -0.2) is 8.42 Å². The summed E-state index contributed by atoms with van der Waals surface area (Å²) in [5.74, 6) is -1.69. The second kappa shape index (κ2) is 6.63. The molecule has 0 amide bonds. The maximum Gasteiger partial charge on any atom is 1.00 e. The molecule has 0 saturated heterocycles. The van der Waals surface area contributed by atoms with Crippen molar-refractivity contribution in [2.45, 2.75) is 12.8 Å². The van der Waals surface area contributed by atoms with Crippen molar-refractivity contribution in [3.63, 3.8) is 0 Å². The van der Waals surface area contributed by atoms with Gasteiger partial charge in [0.25, 0.3) is 0 Å². The second-order valence-corrected chi connectivity index (χ2v) is 3.47. The van der Waals surface area contributed by atoms with Crippen LogP contribution >= 0.6 is 0 Å². The molecule has 8 heteroatoms. The fourth-order valence-electron chi connectivity index (χ4n) is 0.586. The number of hydrogen-bond acceptors (Lipinski definition) is 4. The molecule has 3 N–H and O–H groups in total. The van der Waals surface area contributed by atoms with Crippen molar-refractivity contribution in [3.8, 4) is 0 Å².